The summed E-state index contributed by atoms with van der Waals surface area (Å²) in [7, 11) is 3.43. The van der Waals surface area contributed by atoms with E-state index in [9.17, 15) is 9.59 Å². The molecule has 0 aromatic heterocycles. The summed E-state index contributed by atoms with van der Waals surface area (Å²) in [4.78, 5) is 26.7. The lowest BCUT2D eigenvalue weighted by Crippen LogP contribution is -2.25. The molecule has 3 rings (SSSR count). The molecule has 2 amide bonds. The number of ether oxygens (including phenoxy) is 2. The van der Waals surface area contributed by atoms with Crippen molar-refractivity contribution in [2.45, 2.75) is 11.4 Å². The molecule has 1 heterocycles. The van der Waals surface area contributed by atoms with Gasteiger partial charge in [0.05, 0.1) is 11.3 Å². The number of nitrogens with one attached hydrogen (secondary N) is 1. The molecule has 136 valence electrons. The first-order chi connectivity index (χ1) is 12.5. The zero-order chi connectivity index (χ0) is 18.5. The lowest BCUT2D eigenvalue weighted by molar-refractivity contribution is -0.125. The first-order valence-electron chi connectivity index (χ1n) is 8.13. The Morgan fingerprint density at radius 3 is 2.69 bits per heavy atom. The van der Waals surface area contributed by atoms with Gasteiger partial charge >= 0.3 is 0 Å². The van der Waals surface area contributed by atoms with E-state index in [0.717, 1.165) is 10.5 Å². The number of thioether (sulfide) groups is 1. The van der Waals surface area contributed by atoms with E-state index in [2.05, 4.69) is 5.32 Å². The van der Waals surface area contributed by atoms with Gasteiger partial charge in [0.25, 0.3) is 5.91 Å². The van der Waals surface area contributed by atoms with E-state index in [1.807, 2.05) is 36.4 Å². The molecule has 0 bridgehead atoms. The molecule has 0 atom stereocenters. The molecule has 0 saturated heterocycles. The summed E-state index contributed by atoms with van der Waals surface area (Å²) in [5, 5.41) is 2.91. The average Bonchev–Trinajstić information content (AvgIpc) is 3.12. The van der Waals surface area contributed by atoms with Gasteiger partial charge in [0.1, 0.15) is 0 Å². The molecule has 2 aromatic rings. The zero-order valence-corrected chi connectivity index (χ0v) is 15.5. The highest BCUT2D eigenvalue weighted by molar-refractivity contribution is 8.00. The molecule has 0 saturated carbocycles. The summed E-state index contributed by atoms with van der Waals surface area (Å²) in [5.74, 6) is 1.52. The fourth-order valence-corrected chi connectivity index (χ4v) is 3.41. The number of carbonyl (C=O) groups is 2. The second-order valence-corrected chi connectivity index (χ2v) is 6.96. The van der Waals surface area contributed by atoms with Crippen molar-refractivity contribution in [1.29, 1.82) is 0 Å². The molecule has 26 heavy (non-hydrogen) atoms. The average molecular weight is 372 g/mol. The Hall–Kier alpha value is -2.67. The number of rotatable bonds is 6. The first kappa shape index (κ1) is 18.1. The number of fused-ring (bicyclic) bond motifs is 1. The molecule has 0 spiro atoms. The summed E-state index contributed by atoms with van der Waals surface area (Å²) in [6.07, 6.45) is 0. The molecule has 2 aromatic carbocycles. The predicted octanol–water partition coefficient (Wildman–Crippen LogP) is 2.53. The van der Waals surface area contributed by atoms with Gasteiger partial charge < -0.3 is 19.7 Å². The van der Waals surface area contributed by atoms with E-state index in [1.165, 1.54) is 16.7 Å². The standard InChI is InChI=1S/C19H20N2O4S/c1-21(2)18(22)11-26-17-6-4-3-5-14(17)19(23)20-10-13-7-8-15-16(9-13)25-12-24-15/h3-9H,10-12H2,1-2H3,(H,20,23). The third-order valence-electron chi connectivity index (χ3n) is 3.87. The molecule has 0 unspecified atom stereocenters. The second kappa shape index (κ2) is 8.14. The van der Waals surface area contributed by atoms with Crippen molar-refractivity contribution in [3.05, 3.63) is 53.6 Å². The van der Waals surface area contributed by atoms with E-state index in [-0.39, 0.29) is 18.6 Å². The van der Waals surface area contributed by atoms with Crippen LogP contribution in [0, 0.1) is 0 Å². The largest absolute Gasteiger partial charge is 0.454 e. The van der Waals surface area contributed by atoms with Gasteiger partial charge in [-0.2, -0.15) is 0 Å². The van der Waals surface area contributed by atoms with Crippen LogP contribution in [0.15, 0.2) is 47.4 Å². The Kier molecular flexibility index (Phi) is 5.68. The summed E-state index contributed by atoms with van der Waals surface area (Å²) < 4.78 is 10.6. The van der Waals surface area contributed by atoms with Gasteiger partial charge in [0, 0.05) is 25.5 Å². The lowest BCUT2D eigenvalue weighted by Gasteiger charge is -2.12. The highest BCUT2D eigenvalue weighted by Gasteiger charge is 2.15. The van der Waals surface area contributed by atoms with Crippen LogP contribution < -0.4 is 14.8 Å². The molecule has 0 fully saturated rings. The van der Waals surface area contributed by atoms with Crippen LogP contribution in [0.25, 0.3) is 0 Å². The summed E-state index contributed by atoms with van der Waals surface area (Å²) >= 11 is 1.36. The minimum Gasteiger partial charge on any atom is -0.454 e. The van der Waals surface area contributed by atoms with Gasteiger partial charge in [0.15, 0.2) is 11.5 Å². The lowest BCUT2D eigenvalue weighted by atomic mass is 10.1. The van der Waals surface area contributed by atoms with Crippen LogP contribution >= 0.6 is 11.8 Å². The third kappa shape index (κ3) is 4.29. The van der Waals surface area contributed by atoms with Crippen LogP contribution in [-0.4, -0.2) is 43.4 Å². The number of hydrogen-bond acceptors (Lipinski definition) is 5. The Balaban J connectivity index is 1.63. The fraction of sp³-hybridized carbons (Fsp3) is 0.263. The van der Waals surface area contributed by atoms with Gasteiger partial charge in [0.2, 0.25) is 12.7 Å². The van der Waals surface area contributed by atoms with Crippen molar-refractivity contribution >= 4 is 23.6 Å². The number of nitrogens with zero attached hydrogens (tertiary/aromatic N) is 1. The maximum absolute atomic E-state index is 12.6. The molecule has 1 aliphatic heterocycles. The van der Waals surface area contributed by atoms with E-state index < -0.39 is 0 Å². The maximum Gasteiger partial charge on any atom is 0.252 e. The van der Waals surface area contributed by atoms with Gasteiger partial charge in [-0.1, -0.05) is 18.2 Å². The summed E-state index contributed by atoms with van der Waals surface area (Å²) in [6.45, 7) is 0.604. The Morgan fingerprint density at radius 1 is 1.12 bits per heavy atom. The van der Waals surface area contributed by atoms with E-state index >= 15 is 0 Å². The van der Waals surface area contributed by atoms with Crippen LogP contribution in [0.1, 0.15) is 15.9 Å². The van der Waals surface area contributed by atoms with Crippen molar-refractivity contribution in [2.24, 2.45) is 0 Å². The molecule has 0 aliphatic carbocycles. The van der Waals surface area contributed by atoms with E-state index in [1.54, 1.807) is 20.2 Å². The van der Waals surface area contributed by atoms with Crippen LogP contribution in [0.5, 0.6) is 11.5 Å². The highest BCUT2D eigenvalue weighted by atomic mass is 32.2. The molecular formula is C19H20N2O4S. The van der Waals surface area contributed by atoms with Crippen molar-refractivity contribution in [3.8, 4) is 11.5 Å². The third-order valence-corrected chi connectivity index (χ3v) is 4.93. The summed E-state index contributed by atoms with van der Waals surface area (Å²) in [5.41, 5.74) is 1.49. The Bertz CT molecular complexity index is 823. The van der Waals surface area contributed by atoms with Crippen LogP contribution in [0.3, 0.4) is 0 Å². The van der Waals surface area contributed by atoms with Crippen LogP contribution in [0.4, 0.5) is 0 Å². The first-order valence-corrected chi connectivity index (χ1v) is 9.12. The predicted molar refractivity (Wildman–Crippen MR) is 99.6 cm³/mol. The fourth-order valence-electron chi connectivity index (χ4n) is 2.38. The van der Waals surface area contributed by atoms with Crippen molar-refractivity contribution in [3.63, 3.8) is 0 Å². The zero-order valence-electron chi connectivity index (χ0n) is 14.7. The molecule has 1 N–H and O–H groups in total. The molecule has 0 radical (unpaired) electrons. The van der Waals surface area contributed by atoms with Crippen LogP contribution in [0.2, 0.25) is 0 Å². The maximum atomic E-state index is 12.6. The van der Waals surface area contributed by atoms with Gasteiger partial charge in [-0.3, -0.25) is 9.59 Å². The minimum absolute atomic E-state index is 0.00516. The smallest absolute Gasteiger partial charge is 0.252 e. The van der Waals surface area contributed by atoms with Crippen molar-refractivity contribution < 1.29 is 19.1 Å². The van der Waals surface area contributed by atoms with E-state index in [0.29, 0.717) is 29.4 Å². The normalized spacial score (nSPS) is 11.9. The molecular weight excluding hydrogens is 352 g/mol. The molecule has 1 aliphatic rings. The van der Waals surface area contributed by atoms with Crippen LogP contribution in [-0.2, 0) is 11.3 Å². The Labute approximate surface area is 156 Å². The number of carbonyl (C=O) groups excluding carboxylic acids is 2. The van der Waals surface area contributed by atoms with Gasteiger partial charge in [-0.15, -0.1) is 11.8 Å². The topological polar surface area (TPSA) is 67.9 Å². The SMILES string of the molecule is CN(C)C(=O)CSc1ccccc1C(=O)NCc1ccc2c(c1)OCO2. The highest BCUT2D eigenvalue weighted by Crippen LogP contribution is 2.32. The van der Waals surface area contributed by atoms with Gasteiger partial charge in [-0.05, 0) is 29.8 Å². The van der Waals surface area contributed by atoms with E-state index in [4.69, 9.17) is 9.47 Å². The second-order valence-electron chi connectivity index (χ2n) is 5.94. The quantitative estimate of drug-likeness (QED) is 0.790. The number of amides is 2. The number of hydrogen-bond donors (Lipinski definition) is 1. The number of benzene rings is 2. The Morgan fingerprint density at radius 2 is 1.88 bits per heavy atom. The monoisotopic (exact) mass is 372 g/mol. The summed E-state index contributed by atoms with van der Waals surface area (Å²) in [6, 6.07) is 12.9. The van der Waals surface area contributed by atoms with Crippen molar-refractivity contribution in [1.82, 2.24) is 10.2 Å². The van der Waals surface area contributed by atoms with Gasteiger partial charge in [-0.25, -0.2) is 0 Å². The minimum atomic E-state index is -0.178. The molecule has 6 nitrogen and oxygen atoms in total. The van der Waals surface area contributed by atoms with Crippen molar-refractivity contribution in [2.75, 3.05) is 26.6 Å². The molecule has 7 heteroatoms.